The lowest BCUT2D eigenvalue weighted by atomic mass is 9.77. The van der Waals surface area contributed by atoms with Crippen LogP contribution in [0.4, 0.5) is 0 Å². The molecule has 4 unspecified atom stereocenters. The molecule has 5 rings (SSSR count). The smallest absolute Gasteiger partial charge is 0.305 e. The fraction of sp³-hybridized carbons (Fsp3) is 0.533. The zero-order valence-electron chi connectivity index (χ0n) is 10.9. The summed E-state index contributed by atoms with van der Waals surface area (Å²) < 4.78 is 0. The SMILES string of the molecule is O=c1[nH]c2c(s1)[C@H](c1cccs1)C1C3CCC(C3)C1S2. The average Bonchev–Trinajstić information content (AvgIpc) is 3.19. The maximum atomic E-state index is 11.8. The number of nitrogens with one attached hydrogen (secondary N) is 1. The number of thiazole rings is 1. The fourth-order valence-electron chi connectivity index (χ4n) is 4.64. The summed E-state index contributed by atoms with van der Waals surface area (Å²) >= 11 is 5.28. The van der Waals surface area contributed by atoms with Crippen molar-refractivity contribution in [3.8, 4) is 0 Å². The van der Waals surface area contributed by atoms with E-state index in [1.807, 2.05) is 23.1 Å². The summed E-state index contributed by atoms with van der Waals surface area (Å²) in [5, 5.41) is 4.08. The van der Waals surface area contributed by atoms with E-state index in [2.05, 4.69) is 22.5 Å². The number of H-pyrrole nitrogens is 1. The first-order chi connectivity index (χ1) is 9.81. The number of hydrogen-bond acceptors (Lipinski definition) is 4. The highest BCUT2D eigenvalue weighted by molar-refractivity contribution is 8.00. The Hall–Kier alpha value is -0.520. The first-order valence-electron chi connectivity index (χ1n) is 7.24. The van der Waals surface area contributed by atoms with Gasteiger partial charge in [0, 0.05) is 20.9 Å². The van der Waals surface area contributed by atoms with Crippen LogP contribution in [-0.4, -0.2) is 10.2 Å². The van der Waals surface area contributed by atoms with Crippen LogP contribution >= 0.6 is 34.4 Å². The van der Waals surface area contributed by atoms with Crippen LogP contribution in [0.1, 0.15) is 34.9 Å². The van der Waals surface area contributed by atoms with Crippen LogP contribution in [0.5, 0.6) is 0 Å². The van der Waals surface area contributed by atoms with Gasteiger partial charge in [-0.2, -0.15) is 0 Å². The standard InChI is InChI=1S/C15H15NOS3/c17-15-16-14-13(20-15)11(9-2-1-5-18-9)10-7-3-4-8(6-7)12(10)19-14/h1-2,5,7-8,10-12H,3-4,6H2,(H,16,17)/t7?,8?,10?,11-,12?/m1/s1. The molecule has 2 aromatic rings. The van der Waals surface area contributed by atoms with Crippen LogP contribution in [0, 0.1) is 17.8 Å². The van der Waals surface area contributed by atoms with Crippen molar-refractivity contribution in [2.45, 2.75) is 35.5 Å². The minimum absolute atomic E-state index is 0.122. The second-order valence-electron chi connectivity index (χ2n) is 6.19. The third kappa shape index (κ3) is 1.54. The lowest BCUT2D eigenvalue weighted by Crippen LogP contribution is -2.33. The largest absolute Gasteiger partial charge is 0.307 e. The van der Waals surface area contributed by atoms with Gasteiger partial charge in [-0.1, -0.05) is 17.4 Å². The third-order valence-corrected chi connectivity index (χ3v) is 8.89. The van der Waals surface area contributed by atoms with Gasteiger partial charge in [0.05, 0.1) is 5.03 Å². The Labute approximate surface area is 129 Å². The molecule has 1 aliphatic heterocycles. The van der Waals surface area contributed by atoms with Gasteiger partial charge >= 0.3 is 4.87 Å². The molecule has 1 N–H and O–H groups in total. The van der Waals surface area contributed by atoms with E-state index in [1.165, 1.54) is 45.4 Å². The molecule has 0 radical (unpaired) electrons. The molecule has 0 amide bonds. The monoisotopic (exact) mass is 321 g/mol. The lowest BCUT2D eigenvalue weighted by molar-refractivity contribution is 0.310. The number of thiophene rings is 1. The van der Waals surface area contributed by atoms with Gasteiger partial charge in [-0.3, -0.25) is 4.79 Å². The summed E-state index contributed by atoms with van der Waals surface area (Å²) in [4.78, 5) is 17.8. The maximum Gasteiger partial charge on any atom is 0.305 e. The van der Waals surface area contributed by atoms with Crippen molar-refractivity contribution in [2.24, 2.45) is 17.8 Å². The highest BCUT2D eigenvalue weighted by Gasteiger charge is 2.54. The summed E-state index contributed by atoms with van der Waals surface area (Å²) in [5.74, 6) is 3.01. The summed E-state index contributed by atoms with van der Waals surface area (Å²) in [5.41, 5.74) is 0. The highest BCUT2D eigenvalue weighted by Crippen LogP contribution is 2.63. The summed E-state index contributed by atoms with van der Waals surface area (Å²) in [7, 11) is 0. The molecule has 20 heavy (non-hydrogen) atoms. The Morgan fingerprint density at radius 1 is 1.25 bits per heavy atom. The Balaban J connectivity index is 1.71. The van der Waals surface area contributed by atoms with Gasteiger partial charge in [-0.25, -0.2) is 0 Å². The van der Waals surface area contributed by atoms with Crippen LogP contribution in [0.15, 0.2) is 27.3 Å². The van der Waals surface area contributed by atoms with Crippen molar-refractivity contribution >= 4 is 34.4 Å². The molecule has 104 valence electrons. The molecular weight excluding hydrogens is 306 g/mol. The van der Waals surface area contributed by atoms with Gasteiger partial charge in [0.25, 0.3) is 0 Å². The molecule has 5 heteroatoms. The third-order valence-electron chi connectivity index (χ3n) is 5.32. The molecule has 2 aliphatic carbocycles. The second kappa shape index (κ2) is 4.24. The predicted molar refractivity (Wildman–Crippen MR) is 85.1 cm³/mol. The number of aromatic amines is 1. The van der Waals surface area contributed by atoms with E-state index >= 15 is 0 Å². The van der Waals surface area contributed by atoms with Crippen molar-refractivity contribution < 1.29 is 0 Å². The quantitative estimate of drug-likeness (QED) is 0.856. The average molecular weight is 321 g/mol. The molecule has 2 aromatic heterocycles. The normalized spacial score (nSPS) is 37.9. The number of thioether (sulfide) groups is 1. The van der Waals surface area contributed by atoms with Crippen LogP contribution in [0.2, 0.25) is 0 Å². The molecule has 3 heterocycles. The topological polar surface area (TPSA) is 32.9 Å². The van der Waals surface area contributed by atoms with Crippen molar-refractivity contribution in [1.29, 1.82) is 0 Å². The van der Waals surface area contributed by atoms with Crippen LogP contribution < -0.4 is 4.87 Å². The van der Waals surface area contributed by atoms with Crippen LogP contribution in [0.3, 0.4) is 0 Å². The van der Waals surface area contributed by atoms with E-state index in [9.17, 15) is 4.79 Å². The minimum atomic E-state index is 0.122. The first-order valence-corrected chi connectivity index (χ1v) is 9.82. The zero-order valence-corrected chi connectivity index (χ0v) is 13.3. The van der Waals surface area contributed by atoms with Gasteiger partial charge < -0.3 is 4.98 Å². The van der Waals surface area contributed by atoms with Crippen molar-refractivity contribution in [2.75, 3.05) is 0 Å². The Kier molecular flexibility index (Phi) is 2.56. The molecule has 5 atom stereocenters. The molecule has 0 saturated heterocycles. The molecule has 2 fully saturated rings. The van der Waals surface area contributed by atoms with E-state index in [4.69, 9.17) is 0 Å². The molecule has 0 spiro atoms. The molecule has 2 nitrogen and oxygen atoms in total. The molecule has 0 aromatic carbocycles. The highest BCUT2D eigenvalue weighted by atomic mass is 32.2. The first kappa shape index (κ1) is 12.1. The van der Waals surface area contributed by atoms with Crippen molar-refractivity contribution in [3.05, 3.63) is 36.9 Å². The number of aromatic nitrogens is 1. The zero-order chi connectivity index (χ0) is 13.3. The molecular formula is C15H15NOS3. The fourth-order valence-corrected chi connectivity index (χ4v) is 8.49. The van der Waals surface area contributed by atoms with Crippen molar-refractivity contribution in [1.82, 2.24) is 4.98 Å². The Bertz CT molecular complexity index is 701. The number of fused-ring (bicyclic) bond motifs is 6. The minimum Gasteiger partial charge on any atom is -0.307 e. The van der Waals surface area contributed by atoms with Gasteiger partial charge in [0.15, 0.2) is 0 Å². The van der Waals surface area contributed by atoms with E-state index in [0.29, 0.717) is 5.92 Å². The van der Waals surface area contributed by atoms with Gasteiger partial charge in [-0.05, 0) is 48.5 Å². The van der Waals surface area contributed by atoms with E-state index in [0.717, 1.165) is 23.0 Å². The van der Waals surface area contributed by atoms with E-state index < -0.39 is 0 Å². The molecule has 3 aliphatic rings. The number of hydrogen-bond donors (Lipinski definition) is 1. The summed E-state index contributed by atoms with van der Waals surface area (Å²) in [6.45, 7) is 0. The number of rotatable bonds is 1. The second-order valence-corrected chi connectivity index (χ2v) is 9.38. The van der Waals surface area contributed by atoms with Gasteiger partial charge in [0.1, 0.15) is 0 Å². The Morgan fingerprint density at radius 3 is 3.00 bits per heavy atom. The lowest BCUT2D eigenvalue weighted by Gasteiger charge is -2.39. The predicted octanol–water partition coefficient (Wildman–Crippen LogP) is 4.15. The van der Waals surface area contributed by atoms with E-state index in [1.54, 1.807) is 0 Å². The van der Waals surface area contributed by atoms with Crippen LogP contribution in [-0.2, 0) is 0 Å². The van der Waals surface area contributed by atoms with E-state index in [-0.39, 0.29) is 4.87 Å². The molecule has 2 saturated carbocycles. The summed E-state index contributed by atoms with van der Waals surface area (Å²) in [6, 6.07) is 4.42. The maximum absolute atomic E-state index is 11.8. The van der Waals surface area contributed by atoms with Crippen LogP contribution in [0.25, 0.3) is 0 Å². The van der Waals surface area contributed by atoms with Gasteiger partial charge in [0.2, 0.25) is 0 Å². The van der Waals surface area contributed by atoms with Crippen molar-refractivity contribution in [3.63, 3.8) is 0 Å². The van der Waals surface area contributed by atoms with Gasteiger partial charge in [-0.15, -0.1) is 23.1 Å². The Morgan fingerprint density at radius 2 is 2.15 bits per heavy atom. The molecule has 2 bridgehead atoms. The summed E-state index contributed by atoms with van der Waals surface area (Å²) in [6.07, 6.45) is 4.23.